The quantitative estimate of drug-likeness (QED) is 0.180. The van der Waals surface area contributed by atoms with Crippen LogP contribution < -0.4 is 4.18 Å². The monoisotopic (exact) mass is 579 g/mol. The summed E-state index contributed by atoms with van der Waals surface area (Å²) < 4.78 is 196. The first-order valence-corrected chi connectivity index (χ1v) is 10.3. The van der Waals surface area contributed by atoms with Crippen LogP contribution in [0.25, 0.3) is 0 Å². The molecular weight excluding hydrogens is 565 g/mol. The van der Waals surface area contributed by atoms with Crippen LogP contribution in [-0.4, -0.2) is 73.5 Å². The molecule has 1 aromatic rings. The fourth-order valence-corrected chi connectivity index (χ4v) is 3.33. The number of nitrogens with zero attached hydrogens (tertiary/aromatic N) is 1. The van der Waals surface area contributed by atoms with Gasteiger partial charge in [0, 0.05) is 5.56 Å². The normalized spacial score (nSPS) is 16.6. The molecule has 0 saturated carbocycles. The van der Waals surface area contributed by atoms with E-state index in [-0.39, 0.29) is 12.1 Å². The lowest BCUT2D eigenvalue weighted by molar-refractivity contribution is -0.874. The molecule has 1 rings (SSSR count). The van der Waals surface area contributed by atoms with E-state index in [0.29, 0.717) is 12.1 Å². The molecule has 0 amide bonds. The molecule has 0 fully saturated rings. The molecule has 1 N–H and O–H groups in total. The minimum Gasteiger partial charge on any atom is -0.633 e. The van der Waals surface area contributed by atoms with Crippen molar-refractivity contribution in [3.63, 3.8) is 0 Å². The first-order valence-electron chi connectivity index (χ1n) is 8.87. The zero-order valence-corrected chi connectivity index (χ0v) is 18.1. The van der Waals surface area contributed by atoms with E-state index < -0.39 is 68.8 Å². The zero-order chi connectivity index (χ0) is 28.8. The lowest BCUT2D eigenvalue weighted by Gasteiger charge is -2.39. The van der Waals surface area contributed by atoms with E-state index in [9.17, 15) is 70.7 Å². The fourth-order valence-electron chi connectivity index (χ4n) is 2.42. The molecule has 0 aliphatic carbocycles. The van der Waals surface area contributed by atoms with Crippen LogP contribution in [0.15, 0.2) is 24.3 Å². The minimum atomic E-state index is -8.30. The number of alkyl halides is 13. The maximum absolute atomic E-state index is 13.9. The van der Waals surface area contributed by atoms with Gasteiger partial charge in [-0.05, 0) is 24.3 Å². The maximum atomic E-state index is 13.9. The molecule has 0 aliphatic rings. The largest absolute Gasteiger partial charge is 0.633 e. The molecule has 1 atom stereocenters. The van der Waals surface area contributed by atoms with Crippen molar-refractivity contribution in [3.8, 4) is 5.75 Å². The van der Waals surface area contributed by atoms with Gasteiger partial charge in [-0.3, -0.25) is 0 Å². The minimum absolute atomic E-state index is 0.00310. The molecule has 0 spiro atoms. The van der Waals surface area contributed by atoms with Gasteiger partial charge in [0.2, 0.25) is 0 Å². The smallest absolute Gasteiger partial charge is 0.460 e. The van der Waals surface area contributed by atoms with E-state index in [0.717, 1.165) is 19.2 Å². The van der Waals surface area contributed by atoms with E-state index in [4.69, 9.17) is 5.11 Å². The van der Waals surface area contributed by atoms with E-state index in [2.05, 4.69) is 4.18 Å². The molecular formula is C16H14F13NO5S. The summed E-state index contributed by atoms with van der Waals surface area (Å²) in [7, 11) is -6.41. The highest BCUT2D eigenvalue weighted by Crippen LogP contribution is 2.61. The Kier molecular flexibility index (Phi) is 8.31. The summed E-state index contributed by atoms with van der Waals surface area (Å²) in [6.07, 6.45) is -7.64. The second-order valence-electron chi connectivity index (χ2n) is 7.40. The molecule has 1 unspecified atom stereocenters. The van der Waals surface area contributed by atoms with Gasteiger partial charge < -0.3 is 19.1 Å². The van der Waals surface area contributed by atoms with Crippen molar-refractivity contribution in [1.82, 2.24) is 0 Å². The van der Waals surface area contributed by atoms with Crippen LogP contribution in [0.4, 0.5) is 57.1 Å². The van der Waals surface area contributed by atoms with Crippen molar-refractivity contribution < 1.29 is 79.4 Å². The standard InChI is InChI=1S/C16H14F13NO5S/c1-30(32,6-7-31)8-9-2-4-10(5-3-9)35-36(33,34)16(28,29)14(23,24)12(19,20)11(17,18)13(21,22)15(25,26)27/h2-5,31H,6-8H2,1H3. The Morgan fingerprint density at radius 2 is 1.22 bits per heavy atom. The number of rotatable bonds is 11. The molecule has 210 valence electrons. The van der Waals surface area contributed by atoms with Crippen LogP contribution in [0, 0.1) is 5.21 Å². The van der Waals surface area contributed by atoms with E-state index >= 15 is 0 Å². The third-order valence-corrected chi connectivity index (χ3v) is 5.73. The van der Waals surface area contributed by atoms with E-state index in [1.54, 1.807) is 0 Å². The fraction of sp³-hybridized carbons (Fsp3) is 0.625. The number of likely N-dealkylation sites (N-methyl/N-ethyl adjacent to an activating group) is 1. The Hall–Kier alpha value is -2.06. The van der Waals surface area contributed by atoms with Crippen molar-refractivity contribution in [1.29, 1.82) is 0 Å². The third-order valence-electron chi connectivity index (χ3n) is 4.44. The molecule has 20 heteroatoms. The lowest BCUT2D eigenvalue weighted by atomic mass is 9.98. The SMILES string of the molecule is C[N+]([O-])(CCO)Cc1ccc(OS(=O)(=O)C(F)(F)C(F)(F)C(F)(F)C(F)(F)C(F)(F)C(F)(F)F)cc1. The predicted octanol–water partition coefficient (Wildman–Crippen LogP) is 4.53. The van der Waals surface area contributed by atoms with Crippen molar-refractivity contribution in [2.45, 2.75) is 41.7 Å². The van der Waals surface area contributed by atoms with Gasteiger partial charge in [0.25, 0.3) is 0 Å². The highest BCUT2D eigenvalue weighted by molar-refractivity contribution is 7.88. The summed E-state index contributed by atoms with van der Waals surface area (Å²) in [6, 6.07) is 2.37. The first-order chi connectivity index (χ1) is 15.7. The summed E-state index contributed by atoms with van der Waals surface area (Å²) in [5.74, 6) is -34.0. The summed E-state index contributed by atoms with van der Waals surface area (Å²) in [4.78, 5) is 0. The Bertz CT molecular complexity index is 1020. The summed E-state index contributed by atoms with van der Waals surface area (Å²) in [5, 5.41) is 13.2. The van der Waals surface area contributed by atoms with Crippen molar-refractivity contribution >= 4 is 10.1 Å². The van der Waals surface area contributed by atoms with Crippen LogP contribution in [0.3, 0.4) is 0 Å². The van der Waals surface area contributed by atoms with Crippen LogP contribution in [0.5, 0.6) is 5.75 Å². The van der Waals surface area contributed by atoms with Crippen LogP contribution >= 0.6 is 0 Å². The van der Waals surface area contributed by atoms with Crippen LogP contribution in [0.1, 0.15) is 5.56 Å². The number of quaternary nitrogens is 1. The summed E-state index contributed by atoms with van der Waals surface area (Å²) in [5.41, 5.74) is 0.00310. The molecule has 0 heterocycles. The second kappa shape index (κ2) is 9.35. The lowest BCUT2D eigenvalue weighted by Crippen LogP contribution is -2.71. The number of hydrogen-bond acceptors (Lipinski definition) is 5. The molecule has 0 radical (unpaired) electrons. The van der Waals surface area contributed by atoms with Crippen molar-refractivity contribution in [3.05, 3.63) is 35.0 Å². The topological polar surface area (TPSA) is 86.7 Å². The molecule has 6 nitrogen and oxygen atoms in total. The zero-order valence-electron chi connectivity index (χ0n) is 17.3. The summed E-state index contributed by atoms with van der Waals surface area (Å²) in [6.45, 7) is -1.35. The van der Waals surface area contributed by atoms with Crippen molar-refractivity contribution in [2.24, 2.45) is 0 Å². The number of aliphatic hydroxyl groups excluding tert-OH is 1. The molecule has 0 bridgehead atoms. The Labute approximate surface area is 193 Å². The first kappa shape index (κ1) is 32.0. The van der Waals surface area contributed by atoms with E-state index in [1.165, 1.54) is 0 Å². The highest BCUT2D eigenvalue weighted by Gasteiger charge is 2.93. The highest BCUT2D eigenvalue weighted by atomic mass is 32.2. The Morgan fingerprint density at radius 1 is 0.806 bits per heavy atom. The van der Waals surface area contributed by atoms with Crippen molar-refractivity contribution in [2.75, 3.05) is 20.2 Å². The second-order valence-corrected chi connectivity index (χ2v) is 8.98. The van der Waals surface area contributed by atoms with Gasteiger partial charge >= 0.3 is 45.2 Å². The average molecular weight is 579 g/mol. The maximum Gasteiger partial charge on any atom is 0.460 e. The predicted molar refractivity (Wildman–Crippen MR) is 92.0 cm³/mol. The number of halogens is 13. The van der Waals surface area contributed by atoms with Gasteiger partial charge in [0.15, 0.2) is 0 Å². The number of hydrogen-bond donors (Lipinski definition) is 1. The number of aliphatic hydroxyl groups is 1. The Balaban J connectivity index is 3.36. The molecule has 36 heavy (non-hydrogen) atoms. The van der Waals surface area contributed by atoms with Gasteiger partial charge in [-0.2, -0.15) is 65.5 Å². The van der Waals surface area contributed by atoms with Crippen LogP contribution in [0.2, 0.25) is 0 Å². The van der Waals surface area contributed by atoms with Gasteiger partial charge in [0.05, 0.1) is 13.7 Å². The van der Waals surface area contributed by atoms with Gasteiger partial charge in [-0.15, -0.1) is 0 Å². The molecule has 0 saturated heterocycles. The van der Waals surface area contributed by atoms with Gasteiger partial charge in [-0.25, -0.2) is 0 Å². The van der Waals surface area contributed by atoms with Gasteiger partial charge in [0.1, 0.15) is 18.8 Å². The number of benzene rings is 1. The Morgan fingerprint density at radius 3 is 1.61 bits per heavy atom. The third kappa shape index (κ3) is 5.30. The molecule has 1 aromatic carbocycles. The molecule has 0 aliphatic heterocycles. The van der Waals surface area contributed by atoms with E-state index in [1.807, 2.05) is 0 Å². The number of hydroxylamine groups is 3. The summed E-state index contributed by atoms with van der Waals surface area (Å²) >= 11 is 0. The average Bonchev–Trinajstić information content (AvgIpc) is 2.67. The molecule has 0 aromatic heterocycles. The van der Waals surface area contributed by atoms with Gasteiger partial charge in [-0.1, -0.05) is 0 Å². The van der Waals surface area contributed by atoms with Crippen LogP contribution in [-0.2, 0) is 16.7 Å².